The normalized spacial score (nSPS) is 11.0. The van der Waals surface area contributed by atoms with Gasteiger partial charge in [-0.05, 0) is 0 Å². The minimum atomic E-state index is -0.235. The van der Waals surface area contributed by atoms with Crippen molar-refractivity contribution in [2.45, 2.75) is 13.8 Å². The SMILES string of the molecule is Cc1ccc([Se]c2c(-c3ccccc3)c3cc(C)ccc3oc2=O)cc1. The van der Waals surface area contributed by atoms with Gasteiger partial charge in [-0.1, -0.05) is 0 Å². The Morgan fingerprint density at radius 2 is 1.50 bits per heavy atom. The van der Waals surface area contributed by atoms with E-state index >= 15 is 0 Å². The van der Waals surface area contributed by atoms with Crippen molar-refractivity contribution in [2.24, 2.45) is 0 Å². The summed E-state index contributed by atoms with van der Waals surface area (Å²) in [7, 11) is 0. The number of rotatable bonds is 3. The van der Waals surface area contributed by atoms with E-state index in [1.165, 1.54) is 10.0 Å². The third-order valence-corrected chi connectivity index (χ3v) is 6.59. The van der Waals surface area contributed by atoms with Gasteiger partial charge in [0.25, 0.3) is 0 Å². The quantitative estimate of drug-likeness (QED) is 0.384. The van der Waals surface area contributed by atoms with E-state index in [1.807, 2.05) is 30.3 Å². The molecule has 2 nitrogen and oxygen atoms in total. The summed E-state index contributed by atoms with van der Waals surface area (Å²) in [5.41, 5.74) is 4.83. The average Bonchev–Trinajstić information content (AvgIpc) is 2.65. The molecule has 0 atom stereocenters. The van der Waals surface area contributed by atoms with Crippen LogP contribution in [0.2, 0.25) is 0 Å². The minimum absolute atomic E-state index is 0.128. The van der Waals surface area contributed by atoms with E-state index in [4.69, 9.17) is 4.42 Å². The Bertz CT molecular complexity index is 1130. The molecule has 0 aliphatic carbocycles. The summed E-state index contributed by atoms with van der Waals surface area (Å²) >= 11 is -0.128. The molecule has 1 aromatic heterocycles. The Kier molecular flexibility index (Phi) is 4.50. The van der Waals surface area contributed by atoms with Gasteiger partial charge < -0.3 is 0 Å². The van der Waals surface area contributed by atoms with Crippen LogP contribution in [-0.2, 0) is 0 Å². The number of fused-ring (bicyclic) bond motifs is 1. The van der Waals surface area contributed by atoms with Crippen molar-refractivity contribution in [2.75, 3.05) is 0 Å². The topological polar surface area (TPSA) is 30.2 Å². The van der Waals surface area contributed by atoms with Crippen molar-refractivity contribution in [1.82, 2.24) is 0 Å². The molecule has 0 amide bonds. The van der Waals surface area contributed by atoms with E-state index in [9.17, 15) is 4.79 Å². The molecule has 26 heavy (non-hydrogen) atoms. The molecular formula is C23H18O2Se. The van der Waals surface area contributed by atoms with Crippen LogP contribution in [0.25, 0.3) is 22.1 Å². The molecule has 0 bridgehead atoms. The number of hydrogen-bond donors (Lipinski definition) is 0. The van der Waals surface area contributed by atoms with Crippen molar-refractivity contribution in [3.05, 3.63) is 94.3 Å². The monoisotopic (exact) mass is 406 g/mol. The zero-order valence-corrected chi connectivity index (χ0v) is 16.4. The first-order valence-electron chi connectivity index (χ1n) is 8.49. The second-order valence-electron chi connectivity index (χ2n) is 6.37. The first-order valence-corrected chi connectivity index (χ1v) is 10.2. The molecule has 0 radical (unpaired) electrons. The Hall–Kier alpha value is -2.61. The number of hydrogen-bond acceptors (Lipinski definition) is 2. The molecular weight excluding hydrogens is 387 g/mol. The maximum absolute atomic E-state index is 12.8. The van der Waals surface area contributed by atoms with E-state index in [-0.39, 0.29) is 20.6 Å². The van der Waals surface area contributed by atoms with Gasteiger partial charge in [-0.2, -0.15) is 0 Å². The Morgan fingerprint density at radius 1 is 0.808 bits per heavy atom. The Morgan fingerprint density at radius 3 is 2.23 bits per heavy atom. The van der Waals surface area contributed by atoms with E-state index in [2.05, 4.69) is 56.3 Å². The Balaban J connectivity index is 2.00. The van der Waals surface area contributed by atoms with Gasteiger partial charge in [0.15, 0.2) is 0 Å². The second-order valence-corrected chi connectivity index (χ2v) is 8.65. The predicted octanol–water partition coefficient (Wildman–Crippen LogP) is 3.73. The first kappa shape index (κ1) is 16.8. The van der Waals surface area contributed by atoms with Crippen LogP contribution < -0.4 is 14.5 Å². The van der Waals surface area contributed by atoms with Crippen LogP contribution in [0.1, 0.15) is 11.1 Å². The number of benzene rings is 3. The van der Waals surface area contributed by atoms with Crippen molar-refractivity contribution in [1.29, 1.82) is 0 Å². The van der Waals surface area contributed by atoms with E-state index in [1.54, 1.807) is 0 Å². The third kappa shape index (κ3) is 3.24. The van der Waals surface area contributed by atoms with Crippen molar-refractivity contribution in [3.8, 4) is 11.1 Å². The summed E-state index contributed by atoms with van der Waals surface area (Å²) in [6, 6.07) is 24.5. The zero-order chi connectivity index (χ0) is 18.1. The van der Waals surface area contributed by atoms with Crippen molar-refractivity contribution < 1.29 is 4.42 Å². The van der Waals surface area contributed by atoms with Gasteiger partial charge in [-0.25, -0.2) is 0 Å². The van der Waals surface area contributed by atoms with Gasteiger partial charge in [0.2, 0.25) is 0 Å². The zero-order valence-electron chi connectivity index (χ0n) is 14.7. The van der Waals surface area contributed by atoms with Crippen LogP contribution in [0.5, 0.6) is 0 Å². The standard InChI is InChI=1S/C23H18O2Se/c1-15-8-11-18(12-9-15)26-22-21(17-6-4-3-5-7-17)19-14-16(2)10-13-20(19)25-23(22)24/h3-14H,1-2H3. The van der Waals surface area contributed by atoms with Crippen LogP contribution in [0.4, 0.5) is 0 Å². The summed E-state index contributed by atoms with van der Waals surface area (Å²) in [5, 5.41) is 1.000. The van der Waals surface area contributed by atoms with Gasteiger partial charge >= 0.3 is 159 Å². The average molecular weight is 405 g/mol. The molecule has 0 saturated carbocycles. The second kappa shape index (κ2) is 6.95. The Labute approximate surface area is 158 Å². The summed E-state index contributed by atoms with van der Waals surface area (Å²) in [4.78, 5) is 12.8. The molecule has 0 spiro atoms. The van der Waals surface area contributed by atoms with E-state index < -0.39 is 0 Å². The van der Waals surface area contributed by atoms with Crippen LogP contribution in [-0.4, -0.2) is 15.0 Å². The fraction of sp³-hybridized carbons (Fsp3) is 0.0870. The van der Waals surface area contributed by atoms with Crippen molar-refractivity contribution in [3.63, 3.8) is 0 Å². The maximum atomic E-state index is 12.8. The van der Waals surface area contributed by atoms with E-state index in [0.29, 0.717) is 5.58 Å². The molecule has 0 aliphatic rings. The summed E-state index contributed by atoms with van der Waals surface area (Å²) in [6.07, 6.45) is 0. The molecule has 0 saturated heterocycles. The molecule has 3 heteroatoms. The first-order chi connectivity index (χ1) is 12.6. The molecule has 0 N–H and O–H groups in total. The van der Waals surface area contributed by atoms with Crippen molar-refractivity contribution >= 4 is 34.8 Å². The fourth-order valence-corrected chi connectivity index (χ4v) is 5.03. The molecule has 1 heterocycles. The summed E-state index contributed by atoms with van der Waals surface area (Å²) in [6.45, 7) is 4.13. The molecule has 4 rings (SSSR count). The van der Waals surface area contributed by atoms with Crippen LogP contribution in [0.15, 0.2) is 82.0 Å². The molecule has 128 valence electrons. The van der Waals surface area contributed by atoms with Gasteiger partial charge in [0.05, 0.1) is 0 Å². The molecule has 0 fully saturated rings. The van der Waals surface area contributed by atoms with Crippen LogP contribution in [0, 0.1) is 13.8 Å². The van der Waals surface area contributed by atoms with E-state index in [0.717, 1.165) is 26.5 Å². The van der Waals surface area contributed by atoms with Crippen LogP contribution >= 0.6 is 0 Å². The molecule has 0 unspecified atom stereocenters. The third-order valence-electron chi connectivity index (χ3n) is 4.32. The van der Waals surface area contributed by atoms with Gasteiger partial charge in [0.1, 0.15) is 0 Å². The summed E-state index contributed by atoms with van der Waals surface area (Å²) in [5.74, 6) is 0. The molecule has 3 aromatic carbocycles. The fourth-order valence-electron chi connectivity index (χ4n) is 3.01. The van der Waals surface area contributed by atoms with Gasteiger partial charge in [-0.3, -0.25) is 0 Å². The van der Waals surface area contributed by atoms with Gasteiger partial charge in [0, 0.05) is 0 Å². The number of aryl methyl sites for hydroxylation is 2. The van der Waals surface area contributed by atoms with Gasteiger partial charge in [-0.15, -0.1) is 0 Å². The summed E-state index contributed by atoms with van der Waals surface area (Å²) < 4.78 is 7.60. The van der Waals surface area contributed by atoms with Crippen LogP contribution in [0.3, 0.4) is 0 Å². The molecule has 4 aromatic rings. The predicted molar refractivity (Wildman–Crippen MR) is 109 cm³/mol. The molecule has 0 aliphatic heterocycles.